The van der Waals surface area contributed by atoms with E-state index in [4.69, 9.17) is 4.74 Å². The van der Waals surface area contributed by atoms with E-state index in [2.05, 4.69) is 47.1 Å². The number of aliphatic hydroxyl groups excluding tert-OH is 1. The largest absolute Gasteiger partial charge is 0.481 e. The summed E-state index contributed by atoms with van der Waals surface area (Å²) in [5, 5.41) is 30.1. The average molecular weight is 613 g/mol. The summed E-state index contributed by atoms with van der Waals surface area (Å²) in [6.45, 7) is 14.1. The van der Waals surface area contributed by atoms with Gasteiger partial charge in [-0.25, -0.2) is 0 Å². The Morgan fingerprint density at radius 1 is 1.11 bits per heavy atom. The number of aliphatic hydroxyl groups is 1. The fourth-order valence-electron chi connectivity index (χ4n) is 7.75. The molecule has 1 saturated heterocycles. The van der Waals surface area contributed by atoms with Gasteiger partial charge in [0.05, 0.1) is 31.4 Å². The smallest absolute Gasteiger partial charge is 0.321 e. The van der Waals surface area contributed by atoms with Gasteiger partial charge in [0.15, 0.2) is 5.78 Å². The first-order chi connectivity index (χ1) is 21.4. The molecule has 6 N–H and O–H groups in total. The Kier molecular flexibility index (Phi) is 7.51. The third kappa shape index (κ3) is 4.61. The average Bonchev–Trinajstić information content (AvgIpc) is 3.73. The topological polar surface area (TPSA) is 157 Å². The van der Waals surface area contributed by atoms with Crippen LogP contribution in [0.5, 0.6) is 0 Å². The zero-order valence-electron chi connectivity index (χ0n) is 26.4. The van der Waals surface area contributed by atoms with Crippen molar-refractivity contribution in [3.8, 4) is 0 Å². The van der Waals surface area contributed by atoms with Crippen molar-refractivity contribution in [1.29, 1.82) is 0 Å². The van der Waals surface area contributed by atoms with Crippen molar-refractivity contribution >= 4 is 35.4 Å². The molecule has 4 aliphatic rings. The van der Waals surface area contributed by atoms with Crippen molar-refractivity contribution < 1.29 is 29.3 Å². The van der Waals surface area contributed by atoms with Crippen molar-refractivity contribution in [2.24, 2.45) is 17.8 Å². The van der Waals surface area contributed by atoms with E-state index < -0.39 is 42.1 Å². The van der Waals surface area contributed by atoms with Crippen LogP contribution in [-0.4, -0.2) is 63.2 Å². The van der Waals surface area contributed by atoms with E-state index in [0.29, 0.717) is 28.1 Å². The number of hydrogen-bond donors (Lipinski definition) is 6. The Bertz CT molecular complexity index is 1890. The zero-order valence-corrected chi connectivity index (χ0v) is 26.4. The molecule has 2 unspecified atom stereocenters. The molecule has 1 aliphatic carbocycles. The van der Waals surface area contributed by atoms with Gasteiger partial charge >= 0.3 is 11.9 Å². The first-order valence-corrected chi connectivity index (χ1v) is 15.4. The van der Waals surface area contributed by atoms with Crippen LogP contribution < -0.4 is 21.3 Å². The van der Waals surface area contributed by atoms with Gasteiger partial charge in [0, 0.05) is 50.9 Å². The second-order valence-electron chi connectivity index (χ2n) is 12.5. The highest BCUT2D eigenvalue weighted by atomic mass is 16.5. The molecule has 0 aromatic carbocycles. The lowest BCUT2D eigenvalue weighted by atomic mass is 9.82. The maximum Gasteiger partial charge on any atom is 0.321 e. The van der Waals surface area contributed by atoms with E-state index in [1.165, 1.54) is 7.11 Å². The van der Waals surface area contributed by atoms with Crippen molar-refractivity contribution in [2.75, 3.05) is 7.11 Å². The number of fused-ring (bicyclic) bond motifs is 7. The first-order valence-electron chi connectivity index (χ1n) is 15.4. The molecule has 2 aromatic heterocycles. The van der Waals surface area contributed by atoms with Gasteiger partial charge in [0.1, 0.15) is 5.92 Å². The number of Topliss-reactive ketones (excluding diaryl/α,β-unsaturated/α-hetero) is 1. The molecule has 2 aromatic rings. The Balaban J connectivity index is 1.71. The number of ketones is 1. The summed E-state index contributed by atoms with van der Waals surface area (Å²) in [5.41, 5.74) is 8.40. The van der Waals surface area contributed by atoms with Crippen molar-refractivity contribution in [1.82, 2.24) is 20.6 Å². The third-order valence-corrected chi connectivity index (χ3v) is 10.1. The Morgan fingerprint density at radius 2 is 1.84 bits per heavy atom. The van der Waals surface area contributed by atoms with Gasteiger partial charge in [-0.2, -0.15) is 0 Å². The summed E-state index contributed by atoms with van der Waals surface area (Å²) in [5.74, 6) is -4.50. The summed E-state index contributed by atoms with van der Waals surface area (Å²) in [6, 6.07) is -0.501. The minimum Gasteiger partial charge on any atom is -0.481 e. The fraction of sp³-hybridized carbons (Fsp3) is 0.400. The quantitative estimate of drug-likeness (QED) is 0.214. The molecule has 236 valence electrons. The van der Waals surface area contributed by atoms with Gasteiger partial charge in [-0.3, -0.25) is 14.4 Å². The fourth-order valence-corrected chi connectivity index (χ4v) is 7.75. The number of methoxy groups -OCH3 is 1. The number of carbonyl (C=O) groups is 3. The molecule has 0 amide bonds. The van der Waals surface area contributed by atoms with Gasteiger partial charge in [-0.05, 0) is 79.2 Å². The van der Waals surface area contributed by atoms with E-state index in [0.717, 1.165) is 50.8 Å². The Labute approximate surface area is 261 Å². The van der Waals surface area contributed by atoms with Gasteiger partial charge in [0.2, 0.25) is 0 Å². The van der Waals surface area contributed by atoms with Gasteiger partial charge in [-0.15, -0.1) is 0 Å². The SMILES string of the molecule is C=CC1=C(C)/C2=C\C3N/C(=C4\c5[nH]c(c(C)c5C(=O)[C@@H]4C(=O)OC)/C=c4\[nH]/c(c(C)c4CC)=C\C1N2)[C@@H]([C@@H](O)CC(=O)O)[C@@H]3C. The molecule has 0 spiro atoms. The molecule has 0 radical (unpaired) electrons. The molecule has 6 atom stereocenters. The number of ether oxygens (including phenoxy) is 1. The predicted molar refractivity (Wildman–Crippen MR) is 170 cm³/mol. The summed E-state index contributed by atoms with van der Waals surface area (Å²) < 4.78 is 5.13. The van der Waals surface area contributed by atoms with Crippen LogP contribution in [-0.2, 0) is 20.7 Å². The molecular weight excluding hydrogens is 572 g/mol. The van der Waals surface area contributed by atoms with Gasteiger partial charge < -0.3 is 35.6 Å². The Hall–Kier alpha value is -4.57. The number of carboxylic acids is 1. The lowest BCUT2D eigenvalue weighted by Crippen LogP contribution is -2.30. The summed E-state index contributed by atoms with van der Waals surface area (Å²) in [7, 11) is 1.24. The minimum atomic E-state index is -1.28. The van der Waals surface area contributed by atoms with E-state index in [1.807, 2.05) is 39.0 Å². The minimum absolute atomic E-state index is 0.141. The number of esters is 1. The number of rotatable bonds is 6. The molecule has 1 fully saturated rings. The van der Waals surface area contributed by atoms with Gasteiger partial charge in [-0.1, -0.05) is 26.5 Å². The van der Waals surface area contributed by atoms with E-state index >= 15 is 0 Å². The third-order valence-electron chi connectivity index (χ3n) is 10.1. The van der Waals surface area contributed by atoms with Crippen LogP contribution in [0, 0.1) is 31.6 Å². The van der Waals surface area contributed by atoms with E-state index in [-0.39, 0.29) is 18.0 Å². The summed E-state index contributed by atoms with van der Waals surface area (Å²) in [4.78, 5) is 46.1. The van der Waals surface area contributed by atoms with Crippen LogP contribution >= 0.6 is 0 Å². The predicted octanol–water partition coefficient (Wildman–Crippen LogP) is 2.26. The zero-order chi connectivity index (χ0) is 32.5. The van der Waals surface area contributed by atoms with Crippen molar-refractivity contribution in [2.45, 2.75) is 65.6 Å². The molecule has 0 saturated carbocycles. The number of carbonyl (C=O) groups excluding carboxylic acids is 2. The first kappa shape index (κ1) is 30.5. The van der Waals surface area contributed by atoms with Crippen molar-refractivity contribution in [3.05, 3.63) is 85.6 Å². The van der Waals surface area contributed by atoms with Gasteiger partial charge in [0.25, 0.3) is 0 Å². The number of aliphatic carboxylic acids is 1. The van der Waals surface area contributed by atoms with Crippen LogP contribution in [0.25, 0.3) is 17.7 Å². The number of nitrogens with one attached hydrogen (secondary N) is 4. The van der Waals surface area contributed by atoms with Crippen LogP contribution in [0.3, 0.4) is 0 Å². The second kappa shape index (κ2) is 11.1. The molecule has 3 aliphatic heterocycles. The monoisotopic (exact) mass is 612 g/mol. The van der Waals surface area contributed by atoms with E-state index in [9.17, 15) is 24.6 Å². The Morgan fingerprint density at radius 3 is 2.49 bits per heavy atom. The molecule has 45 heavy (non-hydrogen) atoms. The number of H-pyrrole nitrogens is 2. The highest BCUT2D eigenvalue weighted by molar-refractivity contribution is 6.24. The normalized spacial score (nSPS) is 30.0. The number of hydrogen-bond acceptors (Lipinski definition) is 7. The molecule has 5 heterocycles. The highest BCUT2D eigenvalue weighted by Crippen LogP contribution is 2.47. The van der Waals surface area contributed by atoms with Crippen LogP contribution in [0.1, 0.15) is 65.6 Å². The van der Waals surface area contributed by atoms with E-state index in [1.54, 1.807) is 0 Å². The van der Waals surface area contributed by atoms with Crippen LogP contribution in [0.2, 0.25) is 0 Å². The number of allylic oxidation sites excluding steroid dienone is 1. The summed E-state index contributed by atoms with van der Waals surface area (Å²) in [6.07, 6.45) is 7.09. The maximum atomic E-state index is 14.0. The number of carboxylic acid groups (broad SMARTS) is 1. The number of aromatic amines is 2. The lowest BCUT2D eigenvalue weighted by Gasteiger charge is -2.24. The number of aromatic nitrogens is 2. The maximum absolute atomic E-state index is 14.0. The standard InChI is InChI=1S/C35H40N4O6/c1-8-18-14(3)20-10-22-16(5)28(26(40)13-27(41)42)32(38-22)30-31(35(44)45-7)34(43)29-17(6)23(39-33(29)30)12-25-19(9-2)15(4)21(37-25)11-24(18)36-20/h8,10-12,16,22,24,26,28,31,36-40H,1,9,13H2,2-7H3,(H,41,42)/b20-10+,21-11-,25-12-,32-30-/t16-,22?,24?,26+,28-,31-/m1/s1. The molecular formula is C35H40N4O6. The van der Waals surface area contributed by atoms with Crippen molar-refractivity contribution in [3.63, 3.8) is 0 Å². The summed E-state index contributed by atoms with van der Waals surface area (Å²) >= 11 is 0. The highest BCUT2D eigenvalue weighted by Gasteiger charge is 2.50. The lowest BCUT2D eigenvalue weighted by molar-refractivity contribution is -0.142. The van der Waals surface area contributed by atoms with Crippen LogP contribution in [0.15, 0.2) is 41.3 Å². The molecule has 10 nitrogen and oxygen atoms in total. The van der Waals surface area contributed by atoms with Crippen LogP contribution in [0.4, 0.5) is 0 Å². The molecule has 8 bridgehead atoms. The second-order valence-corrected chi connectivity index (χ2v) is 12.5. The molecule has 10 heteroatoms. The molecule has 6 rings (SSSR count).